The van der Waals surface area contributed by atoms with Crippen molar-refractivity contribution in [1.29, 1.82) is 0 Å². The van der Waals surface area contributed by atoms with E-state index in [-0.39, 0.29) is 11.4 Å². The zero-order chi connectivity index (χ0) is 13.9. The standard InChI is InChI=1S/C14H30N2OS/c1-5-14(2,3)16-13(17)12-15-10-8-6-7-9-11-18-4/h15H,5-12H2,1-4H3,(H,16,17). The molecule has 0 bridgehead atoms. The molecule has 0 saturated heterocycles. The number of nitrogens with one attached hydrogen (secondary N) is 2. The molecule has 0 aliphatic carbocycles. The predicted molar refractivity (Wildman–Crippen MR) is 82.2 cm³/mol. The van der Waals surface area contributed by atoms with Gasteiger partial charge in [0.2, 0.25) is 5.91 Å². The van der Waals surface area contributed by atoms with Crippen LogP contribution in [0.1, 0.15) is 52.9 Å². The van der Waals surface area contributed by atoms with Crippen LogP contribution in [-0.2, 0) is 4.79 Å². The Bertz CT molecular complexity index is 220. The first-order valence-corrected chi connectivity index (χ1v) is 8.42. The Kier molecular flexibility index (Phi) is 10.5. The van der Waals surface area contributed by atoms with Gasteiger partial charge in [0.15, 0.2) is 0 Å². The molecule has 0 aromatic rings. The summed E-state index contributed by atoms with van der Waals surface area (Å²) in [6, 6.07) is 0. The molecule has 3 nitrogen and oxygen atoms in total. The van der Waals surface area contributed by atoms with Crippen LogP contribution in [0.3, 0.4) is 0 Å². The van der Waals surface area contributed by atoms with Crippen molar-refractivity contribution in [3.63, 3.8) is 0 Å². The molecule has 0 saturated carbocycles. The minimum absolute atomic E-state index is 0.0867. The van der Waals surface area contributed by atoms with Gasteiger partial charge in [-0.15, -0.1) is 0 Å². The molecule has 0 radical (unpaired) electrons. The molecule has 0 atom stereocenters. The van der Waals surface area contributed by atoms with Crippen LogP contribution in [0.15, 0.2) is 0 Å². The molecule has 0 aromatic carbocycles. The maximum absolute atomic E-state index is 11.6. The Labute approximate surface area is 117 Å². The summed E-state index contributed by atoms with van der Waals surface area (Å²) in [6.07, 6.45) is 8.14. The summed E-state index contributed by atoms with van der Waals surface area (Å²) in [5.74, 6) is 1.37. The summed E-state index contributed by atoms with van der Waals surface area (Å²) in [7, 11) is 0. The van der Waals surface area contributed by atoms with E-state index in [4.69, 9.17) is 0 Å². The third kappa shape index (κ3) is 10.9. The van der Waals surface area contributed by atoms with Gasteiger partial charge in [-0.2, -0.15) is 11.8 Å². The highest BCUT2D eigenvalue weighted by atomic mass is 32.2. The lowest BCUT2D eigenvalue weighted by Gasteiger charge is -2.24. The van der Waals surface area contributed by atoms with Crippen molar-refractivity contribution >= 4 is 17.7 Å². The van der Waals surface area contributed by atoms with Crippen molar-refractivity contribution in [2.24, 2.45) is 0 Å². The lowest BCUT2D eigenvalue weighted by atomic mass is 10.0. The highest BCUT2D eigenvalue weighted by Crippen LogP contribution is 2.06. The molecule has 0 aromatic heterocycles. The normalized spacial score (nSPS) is 11.6. The van der Waals surface area contributed by atoms with Gasteiger partial charge in [-0.1, -0.05) is 19.8 Å². The second kappa shape index (κ2) is 10.7. The number of carbonyl (C=O) groups is 1. The molecule has 1 amide bonds. The second-order valence-corrected chi connectivity index (χ2v) is 6.36. The fraction of sp³-hybridized carbons (Fsp3) is 0.929. The van der Waals surface area contributed by atoms with E-state index in [1.807, 2.05) is 11.8 Å². The van der Waals surface area contributed by atoms with E-state index in [9.17, 15) is 4.79 Å². The largest absolute Gasteiger partial charge is 0.350 e. The van der Waals surface area contributed by atoms with E-state index in [1.165, 1.54) is 31.4 Å². The fourth-order valence-electron chi connectivity index (χ4n) is 1.56. The Morgan fingerprint density at radius 1 is 1.17 bits per heavy atom. The number of thioether (sulfide) groups is 1. The first-order valence-electron chi connectivity index (χ1n) is 7.02. The average molecular weight is 274 g/mol. The number of hydrogen-bond donors (Lipinski definition) is 2. The molecular formula is C14H30N2OS. The summed E-state index contributed by atoms with van der Waals surface area (Å²) < 4.78 is 0. The quantitative estimate of drug-likeness (QED) is 0.569. The maximum Gasteiger partial charge on any atom is 0.234 e. The van der Waals surface area contributed by atoms with Gasteiger partial charge in [0.05, 0.1) is 6.54 Å². The molecule has 0 rings (SSSR count). The highest BCUT2D eigenvalue weighted by Gasteiger charge is 2.16. The Morgan fingerprint density at radius 3 is 2.44 bits per heavy atom. The molecule has 4 heteroatoms. The Morgan fingerprint density at radius 2 is 1.83 bits per heavy atom. The summed E-state index contributed by atoms with van der Waals surface area (Å²) in [5, 5.41) is 6.23. The van der Waals surface area contributed by atoms with Crippen molar-refractivity contribution in [2.75, 3.05) is 25.1 Å². The summed E-state index contributed by atoms with van der Waals surface area (Å²) >= 11 is 1.91. The number of carbonyl (C=O) groups excluding carboxylic acids is 1. The first kappa shape index (κ1) is 17.8. The fourth-order valence-corrected chi connectivity index (χ4v) is 2.05. The minimum atomic E-state index is -0.0867. The molecule has 0 aliphatic rings. The van der Waals surface area contributed by atoms with E-state index in [1.54, 1.807) is 0 Å². The summed E-state index contributed by atoms with van der Waals surface area (Å²) in [4.78, 5) is 11.6. The van der Waals surface area contributed by atoms with Crippen LogP contribution in [0.4, 0.5) is 0 Å². The monoisotopic (exact) mass is 274 g/mol. The number of unbranched alkanes of at least 4 members (excludes halogenated alkanes) is 3. The van der Waals surface area contributed by atoms with Crippen molar-refractivity contribution in [3.05, 3.63) is 0 Å². The average Bonchev–Trinajstić information content (AvgIpc) is 2.32. The van der Waals surface area contributed by atoms with Gasteiger partial charge in [-0.3, -0.25) is 4.79 Å². The lowest BCUT2D eigenvalue weighted by molar-refractivity contribution is -0.121. The van der Waals surface area contributed by atoms with Gasteiger partial charge in [0.25, 0.3) is 0 Å². The molecular weight excluding hydrogens is 244 g/mol. The smallest absolute Gasteiger partial charge is 0.234 e. The van der Waals surface area contributed by atoms with Crippen molar-refractivity contribution in [2.45, 2.75) is 58.4 Å². The maximum atomic E-state index is 11.6. The molecule has 108 valence electrons. The van der Waals surface area contributed by atoms with Crippen LogP contribution in [0.2, 0.25) is 0 Å². The van der Waals surface area contributed by atoms with Gasteiger partial charge >= 0.3 is 0 Å². The van der Waals surface area contributed by atoms with Crippen molar-refractivity contribution in [1.82, 2.24) is 10.6 Å². The first-order chi connectivity index (χ1) is 8.52. The predicted octanol–water partition coefficient (Wildman–Crippen LogP) is 2.80. The topological polar surface area (TPSA) is 41.1 Å². The van der Waals surface area contributed by atoms with Gasteiger partial charge in [-0.05, 0) is 51.7 Å². The van der Waals surface area contributed by atoms with Crippen LogP contribution < -0.4 is 10.6 Å². The third-order valence-electron chi connectivity index (χ3n) is 3.10. The Balaban J connectivity index is 3.36. The van der Waals surface area contributed by atoms with E-state index in [0.29, 0.717) is 6.54 Å². The van der Waals surface area contributed by atoms with Crippen molar-refractivity contribution < 1.29 is 4.79 Å². The van der Waals surface area contributed by atoms with Gasteiger partial charge in [0.1, 0.15) is 0 Å². The van der Waals surface area contributed by atoms with Crippen LogP contribution in [0.25, 0.3) is 0 Å². The Hall–Kier alpha value is -0.220. The lowest BCUT2D eigenvalue weighted by Crippen LogP contribution is -2.46. The van der Waals surface area contributed by atoms with E-state index < -0.39 is 0 Å². The van der Waals surface area contributed by atoms with E-state index in [0.717, 1.165) is 13.0 Å². The summed E-state index contributed by atoms with van der Waals surface area (Å²) in [5.41, 5.74) is -0.0867. The van der Waals surface area contributed by atoms with E-state index in [2.05, 4.69) is 37.7 Å². The molecule has 0 spiro atoms. The van der Waals surface area contributed by atoms with E-state index >= 15 is 0 Å². The van der Waals surface area contributed by atoms with Crippen molar-refractivity contribution in [3.8, 4) is 0 Å². The van der Waals surface area contributed by atoms with Crippen LogP contribution in [-0.4, -0.2) is 36.5 Å². The second-order valence-electron chi connectivity index (χ2n) is 5.37. The summed E-state index contributed by atoms with van der Waals surface area (Å²) in [6.45, 7) is 7.57. The molecule has 2 N–H and O–H groups in total. The van der Waals surface area contributed by atoms with Gasteiger partial charge < -0.3 is 10.6 Å². The molecule has 0 unspecified atom stereocenters. The molecule has 18 heavy (non-hydrogen) atoms. The van der Waals surface area contributed by atoms with Gasteiger partial charge in [0, 0.05) is 5.54 Å². The number of amides is 1. The SMILES string of the molecule is CCC(C)(C)NC(=O)CNCCCCCCSC. The number of hydrogen-bond acceptors (Lipinski definition) is 3. The van der Waals surface area contributed by atoms with Crippen LogP contribution >= 0.6 is 11.8 Å². The zero-order valence-corrected chi connectivity index (χ0v) is 13.3. The highest BCUT2D eigenvalue weighted by molar-refractivity contribution is 7.98. The molecule has 0 heterocycles. The molecule has 0 fully saturated rings. The zero-order valence-electron chi connectivity index (χ0n) is 12.5. The van der Waals surface area contributed by atoms with Crippen LogP contribution in [0, 0.1) is 0 Å². The number of rotatable bonds is 11. The third-order valence-corrected chi connectivity index (χ3v) is 3.80. The van der Waals surface area contributed by atoms with Gasteiger partial charge in [-0.25, -0.2) is 0 Å². The molecule has 0 aliphatic heterocycles. The minimum Gasteiger partial charge on any atom is -0.350 e. The van der Waals surface area contributed by atoms with Crippen LogP contribution in [0.5, 0.6) is 0 Å².